The number of hydrogen-bond acceptors (Lipinski definition) is 3. The third-order valence-corrected chi connectivity index (χ3v) is 6.60. The Balaban J connectivity index is 1.71. The van der Waals surface area contributed by atoms with Gasteiger partial charge in [-0.05, 0) is 57.1 Å². The molecule has 0 unspecified atom stereocenters. The van der Waals surface area contributed by atoms with Crippen molar-refractivity contribution >= 4 is 17.8 Å². The summed E-state index contributed by atoms with van der Waals surface area (Å²) in [6.45, 7) is 10.8. The molecule has 2 aliphatic heterocycles. The first-order valence-electron chi connectivity index (χ1n) is 11.7. The SMILES string of the molecule is CCN1C(=O)N[C@@H](c2ccc(C)cc2C)C2=C1CN([C@H](CC(C)C)C(=O)NC1CC1)C2=O. The minimum atomic E-state index is -0.540. The first-order chi connectivity index (χ1) is 15.2. The monoisotopic (exact) mass is 438 g/mol. The van der Waals surface area contributed by atoms with Gasteiger partial charge in [0.1, 0.15) is 6.04 Å². The van der Waals surface area contributed by atoms with Crippen molar-refractivity contribution in [2.45, 2.75) is 72.0 Å². The van der Waals surface area contributed by atoms with Crippen LogP contribution in [0.25, 0.3) is 0 Å². The molecule has 4 rings (SSSR count). The van der Waals surface area contributed by atoms with Gasteiger partial charge in [-0.1, -0.05) is 37.6 Å². The predicted molar refractivity (Wildman–Crippen MR) is 123 cm³/mol. The van der Waals surface area contributed by atoms with Gasteiger partial charge in [0.2, 0.25) is 5.91 Å². The lowest BCUT2D eigenvalue weighted by Gasteiger charge is -2.33. The minimum Gasteiger partial charge on any atom is -0.352 e. The Labute approximate surface area is 190 Å². The summed E-state index contributed by atoms with van der Waals surface area (Å²) in [6.07, 6.45) is 2.59. The van der Waals surface area contributed by atoms with Gasteiger partial charge < -0.3 is 15.5 Å². The van der Waals surface area contributed by atoms with Crippen molar-refractivity contribution < 1.29 is 14.4 Å². The van der Waals surface area contributed by atoms with Crippen LogP contribution in [0.5, 0.6) is 0 Å². The topological polar surface area (TPSA) is 81.8 Å². The van der Waals surface area contributed by atoms with E-state index in [4.69, 9.17) is 0 Å². The highest BCUT2D eigenvalue weighted by Gasteiger charge is 2.47. The molecule has 3 aliphatic rings. The molecule has 0 spiro atoms. The zero-order valence-electron chi connectivity index (χ0n) is 19.7. The lowest BCUT2D eigenvalue weighted by molar-refractivity contribution is -0.137. The lowest BCUT2D eigenvalue weighted by Crippen LogP contribution is -2.49. The van der Waals surface area contributed by atoms with Crippen LogP contribution >= 0.6 is 0 Å². The van der Waals surface area contributed by atoms with Crippen LogP contribution in [0.1, 0.15) is 62.8 Å². The van der Waals surface area contributed by atoms with E-state index in [1.807, 2.05) is 32.9 Å². The second-order valence-corrected chi connectivity index (χ2v) is 9.71. The number of carbonyl (C=O) groups is 3. The Morgan fingerprint density at radius 1 is 1.22 bits per heavy atom. The van der Waals surface area contributed by atoms with E-state index in [1.165, 1.54) is 0 Å². The van der Waals surface area contributed by atoms with Gasteiger partial charge in [0, 0.05) is 12.6 Å². The van der Waals surface area contributed by atoms with Gasteiger partial charge in [0.15, 0.2) is 0 Å². The number of carbonyl (C=O) groups excluding carboxylic acids is 3. The van der Waals surface area contributed by atoms with E-state index in [-0.39, 0.29) is 36.3 Å². The summed E-state index contributed by atoms with van der Waals surface area (Å²) in [7, 11) is 0. The maximum atomic E-state index is 13.8. The van der Waals surface area contributed by atoms with Crippen LogP contribution in [-0.2, 0) is 9.59 Å². The van der Waals surface area contributed by atoms with E-state index >= 15 is 0 Å². The second-order valence-electron chi connectivity index (χ2n) is 9.71. The Morgan fingerprint density at radius 2 is 1.94 bits per heavy atom. The van der Waals surface area contributed by atoms with Gasteiger partial charge in [-0.2, -0.15) is 0 Å². The highest BCUT2D eigenvalue weighted by Crippen LogP contribution is 2.38. The molecular formula is C25H34N4O3. The fraction of sp³-hybridized carbons (Fsp3) is 0.560. The molecule has 4 amide bonds. The number of urea groups is 1. The van der Waals surface area contributed by atoms with Gasteiger partial charge in [-0.25, -0.2) is 4.79 Å². The Bertz CT molecular complexity index is 979. The van der Waals surface area contributed by atoms with Crippen molar-refractivity contribution in [2.24, 2.45) is 5.92 Å². The zero-order chi connectivity index (χ0) is 23.2. The van der Waals surface area contributed by atoms with Crippen molar-refractivity contribution in [1.29, 1.82) is 0 Å². The minimum absolute atomic E-state index is 0.0835. The van der Waals surface area contributed by atoms with Gasteiger partial charge in [-0.3, -0.25) is 14.5 Å². The van der Waals surface area contributed by atoms with E-state index in [1.54, 1.807) is 9.80 Å². The van der Waals surface area contributed by atoms with Crippen molar-refractivity contribution in [1.82, 2.24) is 20.4 Å². The number of benzene rings is 1. The number of rotatable bonds is 7. The van der Waals surface area contributed by atoms with Gasteiger partial charge in [-0.15, -0.1) is 0 Å². The second kappa shape index (κ2) is 8.60. The highest BCUT2D eigenvalue weighted by atomic mass is 16.2. The fourth-order valence-electron chi connectivity index (χ4n) is 4.83. The lowest BCUT2D eigenvalue weighted by atomic mass is 9.91. The summed E-state index contributed by atoms with van der Waals surface area (Å²) in [4.78, 5) is 43.2. The van der Waals surface area contributed by atoms with E-state index in [0.29, 0.717) is 18.5 Å². The number of aryl methyl sites for hydroxylation is 2. The average molecular weight is 439 g/mol. The maximum absolute atomic E-state index is 13.8. The van der Waals surface area contributed by atoms with Crippen LogP contribution in [-0.4, -0.2) is 52.8 Å². The molecule has 1 aromatic carbocycles. The van der Waals surface area contributed by atoms with Crippen LogP contribution in [0.4, 0.5) is 4.79 Å². The third-order valence-electron chi connectivity index (χ3n) is 6.60. The van der Waals surface area contributed by atoms with E-state index in [0.717, 1.165) is 35.2 Å². The molecule has 0 aromatic heterocycles. The molecule has 1 aliphatic carbocycles. The van der Waals surface area contributed by atoms with E-state index < -0.39 is 12.1 Å². The molecule has 7 heteroatoms. The molecule has 1 aromatic rings. The summed E-state index contributed by atoms with van der Waals surface area (Å²) in [5.41, 5.74) is 4.39. The molecular weight excluding hydrogens is 404 g/mol. The molecule has 1 saturated carbocycles. The molecule has 7 nitrogen and oxygen atoms in total. The Hall–Kier alpha value is -2.83. The normalized spacial score (nSPS) is 21.8. The fourth-order valence-corrected chi connectivity index (χ4v) is 4.83. The highest BCUT2D eigenvalue weighted by molar-refractivity contribution is 6.03. The van der Waals surface area contributed by atoms with Gasteiger partial charge in [0.05, 0.1) is 23.9 Å². The van der Waals surface area contributed by atoms with Crippen molar-refractivity contribution in [3.05, 3.63) is 46.2 Å². The molecule has 0 radical (unpaired) electrons. The standard InChI is InChI=1S/C25H34N4O3/c1-6-28-20-13-29(19(11-14(2)3)23(30)26-17-8-9-17)24(31)21(20)22(27-25(28)32)18-10-7-15(4)12-16(18)5/h7,10,12,14,17,19,22H,6,8-9,11,13H2,1-5H3,(H,26,30)(H,27,32)/t19-,22+/m1/s1. The summed E-state index contributed by atoms with van der Waals surface area (Å²) in [5.74, 6) is 0.0207. The summed E-state index contributed by atoms with van der Waals surface area (Å²) in [5, 5.41) is 6.13. The number of amides is 4. The summed E-state index contributed by atoms with van der Waals surface area (Å²) < 4.78 is 0. The molecule has 0 bridgehead atoms. The third kappa shape index (κ3) is 4.12. The molecule has 2 N–H and O–H groups in total. The van der Waals surface area contributed by atoms with Crippen molar-refractivity contribution in [3.63, 3.8) is 0 Å². The van der Waals surface area contributed by atoms with Crippen molar-refractivity contribution in [2.75, 3.05) is 13.1 Å². The molecule has 0 saturated heterocycles. The van der Waals surface area contributed by atoms with E-state index in [2.05, 4.69) is 30.5 Å². The molecule has 2 atom stereocenters. The smallest absolute Gasteiger partial charge is 0.322 e. The number of nitrogens with one attached hydrogen (secondary N) is 2. The number of likely N-dealkylation sites (N-methyl/N-ethyl adjacent to an activating group) is 1. The van der Waals surface area contributed by atoms with Crippen LogP contribution in [0.15, 0.2) is 29.5 Å². The Morgan fingerprint density at radius 3 is 2.53 bits per heavy atom. The quantitative estimate of drug-likeness (QED) is 0.686. The van der Waals surface area contributed by atoms with Crippen LogP contribution in [0.3, 0.4) is 0 Å². The van der Waals surface area contributed by atoms with Gasteiger partial charge >= 0.3 is 6.03 Å². The molecule has 32 heavy (non-hydrogen) atoms. The zero-order valence-corrected chi connectivity index (χ0v) is 19.7. The molecule has 172 valence electrons. The largest absolute Gasteiger partial charge is 0.352 e. The predicted octanol–water partition coefficient (Wildman–Crippen LogP) is 3.18. The van der Waals surface area contributed by atoms with Gasteiger partial charge in [0.25, 0.3) is 5.91 Å². The van der Waals surface area contributed by atoms with E-state index in [9.17, 15) is 14.4 Å². The summed E-state index contributed by atoms with van der Waals surface area (Å²) >= 11 is 0. The van der Waals surface area contributed by atoms with Crippen LogP contribution in [0.2, 0.25) is 0 Å². The molecule has 2 heterocycles. The van der Waals surface area contributed by atoms with Crippen LogP contribution in [0, 0.1) is 19.8 Å². The maximum Gasteiger partial charge on any atom is 0.322 e. The summed E-state index contributed by atoms with van der Waals surface area (Å²) in [6, 6.07) is 5.04. The van der Waals surface area contributed by atoms with Crippen molar-refractivity contribution in [3.8, 4) is 0 Å². The molecule has 1 fully saturated rings. The number of nitrogens with zero attached hydrogens (tertiary/aromatic N) is 2. The average Bonchev–Trinajstić information content (AvgIpc) is 3.47. The Kier molecular flexibility index (Phi) is 6.01. The first-order valence-corrected chi connectivity index (χ1v) is 11.7. The van der Waals surface area contributed by atoms with Crippen LogP contribution < -0.4 is 10.6 Å². The number of hydrogen-bond donors (Lipinski definition) is 2. The first kappa shape index (κ1) is 22.4.